The van der Waals surface area contributed by atoms with Crippen LogP contribution in [0.15, 0.2) is 36.4 Å². The van der Waals surface area contributed by atoms with Crippen molar-refractivity contribution in [2.75, 3.05) is 38.1 Å². The highest BCUT2D eigenvalue weighted by atomic mass is 19.3. The van der Waals surface area contributed by atoms with Crippen LogP contribution in [-0.2, 0) is 15.0 Å². The van der Waals surface area contributed by atoms with Gasteiger partial charge in [-0.2, -0.15) is 8.78 Å². The van der Waals surface area contributed by atoms with Crippen LogP contribution >= 0.6 is 0 Å². The molecule has 1 saturated heterocycles. The highest BCUT2D eigenvalue weighted by Gasteiger charge is 2.45. The lowest BCUT2D eigenvalue weighted by molar-refractivity contribution is -0.134. The third kappa shape index (κ3) is 6.36. The Bertz CT molecular complexity index is 1060. The topological polar surface area (TPSA) is 104 Å². The van der Waals surface area contributed by atoms with Crippen LogP contribution < -0.4 is 15.4 Å². The Balaban J connectivity index is 1.93. The zero-order chi connectivity index (χ0) is 26.3. The molecular formula is C26H34F2N4O4. The zero-order valence-electron chi connectivity index (χ0n) is 20.9. The minimum absolute atomic E-state index is 0.0618. The first-order chi connectivity index (χ1) is 17.2. The van der Waals surface area contributed by atoms with E-state index in [2.05, 4.69) is 20.4 Å². The van der Waals surface area contributed by atoms with Gasteiger partial charge in [-0.3, -0.25) is 9.59 Å². The fraction of sp³-hybridized carbons (Fsp3) is 0.500. The first-order valence-corrected chi connectivity index (χ1v) is 12.1. The molecule has 0 spiro atoms. The van der Waals surface area contributed by atoms with Gasteiger partial charge >= 0.3 is 6.61 Å². The molecule has 1 aliphatic heterocycles. The first-order valence-electron chi connectivity index (χ1n) is 12.1. The van der Waals surface area contributed by atoms with E-state index in [0.717, 1.165) is 11.1 Å². The summed E-state index contributed by atoms with van der Waals surface area (Å²) in [6.45, 7) is 3.73. The third-order valence-electron chi connectivity index (χ3n) is 6.52. The quantitative estimate of drug-likeness (QED) is 0.430. The maximum absolute atomic E-state index is 13.9. The molecule has 2 aromatic rings. The van der Waals surface area contributed by atoms with Gasteiger partial charge in [0.05, 0.1) is 18.6 Å². The number of halogens is 2. The minimum Gasteiger partial charge on any atom is -0.415 e. The van der Waals surface area contributed by atoms with E-state index in [1.54, 1.807) is 17.9 Å². The molecule has 0 saturated carbocycles. The van der Waals surface area contributed by atoms with Crippen molar-refractivity contribution in [1.82, 2.24) is 15.2 Å². The van der Waals surface area contributed by atoms with E-state index < -0.39 is 12.0 Å². The van der Waals surface area contributed by atoms with Crippen molar-refractivity contribution in [2.24, 2.45) is 0 Å². The Kier molecular flexibility index (Phi) is 9.33. The number of piperidine rings is 1. The highest BCUT2D eigenvalue weighted by molar-refractivity contribution is 6.00. The number of anilines is 1. The van der Waals surface area contributed by atoms with Crippen molar-refractivity contribution in [3.8, 4) is 5.88 Å². The molecule has 8 nitrogen and oxygen atoms in total. The number of aliphatic hydroxyl groups excluding tert-OH is 1. The van der Waals surface area contributed by atoms with Gasteiger partial charge in [0.15, 0.2) is 0 Å². The Morgan fingerprint density at radius 3 is 2.50 bits per heavy atom. The number of hydrogen-bond donors (Lipinski definition) is 3. The molecule has 36 heavy (non-hydrogen) atoms. The number of likely N-dealkylation sites (tertiary alicyclic amines) is 1. The molecule has 2 heterocycles. The number of amides is 2. The lowest BCUT2D eigenvalue weighted by atomic mass is 9.69. The zero-order valence-corrected chi connectivity index (χ0v) is 20.9. The second kappa shape index (κ2) is 12.2. The fourth-order valence-corrected chi connectivity index (χ4v) is 4.62. The first kappa shape index (κ1) is 27.5. The standard InChI is InChI=1S/C26H34F2N4O4/c1-17(2)19-6-4-5-7-20(19)26(10-13-32(14-11-26)22(34)16-29-12-15-33)24(35)31-21-9-8-18(3)30-23(21)36-25(27)28/h4-9,17,25,29,33H,10-16H2,1-3H3,(H,31,35). The molecule has 0 aliphatic carbocycles. The molecule has 0 radical (unpaired) electrons. The van der Waals surface area contributed by atoms with Gasteiger partial charge in [-0.1, -0.05) is 38.1 Å². The van der Waals surface area contributed by atoms with Crippen LogP contribution in [-0.4, -0.2) is 66.2 Å². The van der Waals surface area contributed by atoms with Crippen molar-refractivity contribution >= 4 is 17.5 Å². The molecule has 1 aromatic carbocycles. The van der Waals surface area contributed by atoms with Crippen LogP contribution in [0.3, 0.4) is 0 Å². The summed E-state index contributed by atoms with van der Waals surface area (Å²) in [6.07, 6.45) is 0.720. The van der Waals surface area contributed by atoms with Crippen LogP contribution in [0, 0.1) is 6.92 Å². The Labute approximate surface area is 210 Å². The van der Waals surface area contributed by atoms with Gasteiger partial charge in [0.1, 0.15) is 5.69 Å². The summed E-state index contributed by atoms with van der Waals surface area (Å²) in [5, 5.41) is 14.6. The van der Waals surface area contributed by atoms with Crippen molar-refractivity contribution in [3.05, 3.63) is 53.2 Å². The monoisotopic (exact) mass is 504 g/mol. The van der Waals surface area contributed by atoms with Gasteiger partial charge in [-0.15, -0.1) is 0 Å². The van der Waals surface area contributed by atoms with Crippen LogP contribution in [0.5, 0.6) is 5.88 Å². The molecule has 0 unspecified atom stereocenters. The average Bonchev–Trinajstić information content (AvgIpc) is 2.85. The van der Waals surface area contributed by atoms with Gasteiger partial charge in [0, 0.05) is 25.3 Å². The van der Waals surface area contributed by atoms with Crippen LogP contribution in [0.2, 0.25) is 0 Å². The molecule has 0 bridgehead atoms. The fourth-order valence-electron chi connectivity index (χ4n) is 4.62. The van der Waals surface area contributed by atoms with Crippen molar-refractivity contribution < 1.29 is 28.2 Å². The Hall–Kier alpha value is -3.11. The Morgan fingerprint density at radius 2 is 1.86 bits per heavy atom. The molecule has 196 valence electrons. The molecule has 1 aromatic heterocycles. The van der Waals surface area contributed by atoms with Crippen molar-refractivity contribution in [3.63, 3.8) is 0 Å². The SMILES string of the molecule is Cc1ccc(NC(=O)C2(c3ccccc3C(C)C)CCN(C(=O)CNCCO)CC2)c(OC(F)F)n1. The summed E-state index contributed by atoms with van der Waals surface area (Å²) in [7, 11) is 0. The number of benzene rings is 1. The molecule has 1 fully saturated rings. The van der Waals surface area contributed by atoms with E-state index in [-0.39, 0.29) is 42.5 Å². The van der Waals surface area contributed by atoms with Crippen molar-refractivity contribution in [2.45, 2.75) is 51.6 Å². The lowest BCUT2D eigenvalue weighted by Gasteiger charge is -2.42. The normalized spacial score (nSPS) is 15.3. The van der Waals surface area contributed by atoms with Crippen molar-refractivity contribution in [1.29, 1.82) is 0 Å². The van der Waals surface area contributed by atoms with Crippen LogP contribution in [0.25, 0.3) is 0 Å². The molecule has 10 heteroatoms. The average molecular weight is 505 g/mol. The molecule has 1 aliphatic rings. The van der Waals surface area contributed by atoms with Gasteiger partial charge in [0.25, 0.3) is 0 Å². The number of alkyl halides is 2. The van der Waals surface area contributed by atoms with E-state index in [0.29, 0.717) is 38.2 Å². The number of aliphatic hydroxyl groups is 1. The van der Waals surface area contributed by atoms with Crippen LogP contribution in [0.1, 0.15) is 49.4 Å². The predicted octanol–water partition coefficient (Wildman–Crippen LogP) is 3.20. The molecular weight excluding hydrogens is 470 g/mol. The number of aromatic nitrogens is 1. The second-order valence-corrected chi connectivity index (χ2v) is 9.24. The Morgan fingerprint density at radius 1 is 1.17 bits per heavy atom. The van der Waals surface area contributed by atoms with E-state index in [4.69, 9.17) is 5.11 Å². The maximum Gasteiger partial charge on any atom is 0.388 e. The summed E-state index contributed by atoms with van der Waals surface area (Å²) in [6, 6.07) is 10.8. The number of rotatable bonds is 10. The number of carbonyl (C=O) groups is 2. The van der Waals surface area contributed by atoms with E-state index in [1.807, 2.05) is 38.1 Å². The van der Waals surface area contributed by atoms with Crippen LogP contribution in [0.4, 0.5) is 14.5 Å². The van der Waals surface area contributed by atoms with Gasteiger partial charge in [-0.25, -0.2) is 4.98 Å². The number of ether oxygens (including phenoxy) is 1. The molecule has 3 rings (SSSR count). The van der Waals surface area contributed by atoms with E-state index >= 15 is 0 Å². The third-order valence-corrected chi connectivity index (χ3v) is 6.52. The van der Waals surface area contributed by atoms with E-state index in [9.17, 15) is 18.4 Å². The summed E-state index contributed by atoms with van der Waals surface area (Å²) in [5.74, 6) is -0.656. The second-order valence-electron chi connectivity index (χ2n) is 9.24. The lowest BCUT2D eigenvalue weighted by Crippen LogP contribution is -2.52. The largest absolute Gasteiger partial charge is 0.415 e. The van der Waals surface area contributed by atoms with Gasteiger partial charge in [0.2, 0.25) is 17.7 Å². The number of hydrogen-bond acceptors (Lipinski definition) is 6. The van der Waals surface area contributed by atoms with E-state index in [1.165, 1.54) is 6.07 Å². The number of nitrogens with one attached hydrogen (secondary N) is 2. The smallest absolute Gasteiger partial charge is 0.388 e. The number of carbonyl (C=O) groups excluding carboxylic acids is 2. The summed E-state index contributed by atoms with van der Waals surface area (Å²) >= 11 is 0. The molecule has 2 amide bonds. The molecule has 0 atom stereocenters. The minimum atomic E-state index is -3.08. The highest BCUT2D eigenvalue weighted by Crippen LogP contribution is 2.41. The summed E-state index contributed by atoms with van der Waals surface area (Å²) in [4.78, 5) is 32.3. The van der Waals surface area contributed by atoms with Gasteiger partial charge in [-0.05, 0) is 48.9 Å². The number of aryl methyl sites for hydroxylation is 1. The number of pyridine rings is 1. The van der Waals surface area contributed by atoms with Gasteiger partial charge < -0.3 is 25.4 Å². The molecule has 3 N–H and O–H groups in total. The number of nitrogens with zero attached hydrogens (tertiary/aromatic N) is 2. The summed E-state index contributed by atoms with van der Waals surface area (Å²) < 4.78 is 30.6. The maximum atomic E-state index is 13.9. The predicted molar refractivity (Wildman–Crippen MR) is 132 cm³/mol. The summed E-state index contributed by atoms with van der Waals surface area (Å²) in [5.41, 5.74) is 1.44.